The highest BCUT2D eigenvalue weighted by atomic mass is 35.5. The first-order valence-corrected chi connectivity index (χ1v) is 6.26. The van der Waals surface area contributed by atoms with Crippen LogP contribution in [0.5, 0.6) is 0 Å². The van der Waals surface area contributed by atoms with Crippen LogP contribution in [-0.4, -0.2) is 28.5 Å². The molecule has 0 bridgehead atoms. The Morgan fingerprint density at radius 2 is 2.12 bits per heavy atom. The van der Waals surface area contributed by atoms with E-state index in [1.54, 1.807) is 21.9 Å². The van der Waals surface area contributed by atoms with Crippen LogP contribution in [0.4, 0.5) is 5.82 Å². The fraction of sp³-hybridized carbons (Fsp3) is 0.667. The van der Waals surface area contributed by atoms with Gasteiger partial charge in [-0.15, -0.1) is 11.6 Å². The predicted octanol–water partition coefficient (Wildman–Crippen LogP) is 1.96. The number of halogens is 1. The van der Waals surface area contributed by atoms with Crippen LogP contribution in [0.3, 0.4) is 0 Å². The number of hydrogen-bond donors (Lipinski definition) is 0. The van der Waals surface area contributed by atoms with E-state index in [1.807, 2.05) is 14.0 Å². The van der Waals surface area contributed by atoms with E-state index in [1.165, 1.54) is 0 Å². The zero-order valence-electron chi connectivity index (χ0n) is 10.9. The van der Waals surface area contributed by atoms with Gasteiger partial charge in [0, 0.05) is 37.9 Å². The standard InChI is InChI=1S/C12H20ClN3O/c1-9(2)7-16-6-5-14-11(12(16)17)15(4)8-10(3)13/h5-6,9-10H,7-8H2,1-4H3. The van der Waals surface area contributed by atoms with Gasteiger partial charge < -0.3 is 9.47 Å². The summed E-state index contributed by atoms with van der Waals surface area (Å²) in [4.78, 5) is 18.1. The van der Waals surface area contributed by atoms with Gasteiger partial charge in [0.15, 0.2) is 5.82 Å². The summed E-state index contributed by atoms with van der Waals surface area (Å²) in [6.45, 7) is 7.37. The summed E-state index contributed by atoms with van der Waals surface area (Å²) in [5, 5.41) is -0.0139. The summed E-state index contributed by atoms with van der Waals surface area (Å²) >= 11 is 5.92. The minimum Gasteiger partial charge on any atom is -0.354 e. The Kier molecular flexibility index (Phi) is 5.00. The van der Waals surface area contributed by atoms with Crippen molar-refractivity contribution in [3.05, 3.63) is 22.7 Å². The van der Waals surface area contributed by atoms with E-state index in [2.05, 4.69) is 18.8 Å². The van der Waals surface area contributed by atoms with Crippen LogP contribution in [0.2, 0.25) is 0 Å². The number of hydrogen-bond acceptors (Lipinski definition) is 3. The first kappa shape index (κ1) is 14.0. The minimum atomic E-state index is -0.0546. The molecule has 1 rings (SSSR count). The van der Waals surface area contributed by atoms with Crippen LogP contribution < -0.4 is 10.5 Å². The number of aromatic nitrogens is 2. The number of nitrogens with zero attached hydrogens (tertiary/aromatic N) is 3. The van der Waals surface area contributed by atoms with Gasteiger partial charge in [-0.1, -0.05) is 13.8 Å². The van der Waals surface area contributed by atoms with Gasteiger partial charge in [-0.05, 0) is 12.8 Å². The summed E-state index contributed by atoms with van der Waals surface area (Å²) in [7, 11) is 1.84. The van der Waals surface area contributed by atoms with E-state index in [0.717, 1.165) is 0 Å². The first-order valence-electron chi connectivity index (χ1n) is 5.82. The van der Waals surface area contributed by atoms with Gasteiger partial charge in [0.05, 0.1) is 0 Å². The van der Waals surface area contributed by atoms with Crippen molar-refractivity contribution in [3.8, 4) is 0 Å². The van der Waals surface area contributed by atoms with Gasteiger partial charge in [0.25, 0.3) is 5.56 Å². The molecule has 0 radical (unpaired) electrons. The molecule has 5 heteroatoms. The highest BCUT2D eigenvalue weighted by Gasteiger charge is 2.12. The van der Waals surface area contributed by atoms with Crippen molar-refractivity contribution in [2.75, 3.05) is 18.5 Å². The number of anilines is 1. The molecule has 0 aliphatic heterocycles. The highest BCUT2D eigenvalue weighted by molar-refractivity contribution is 6.20. The van der Waals surface area contributed by atoms with Crippen LogP contribution in [-0.2, 0) is 6.54 Å². The van der Waals surface area contributed by atoms with Gasteiger partial charge in [-0.25, -0.2) is 4.98 Å². The van der Waals surface area contributed by atoms with E-state index < -0.39 is 0 Å². The van der Waals surface area contributed by atoms with Crippen molar-refractivity contribution in [2.24, 2.45) is 5.92 Å². The molecule has 0 N–H and O–H groups in total. The third kappa shape index (κ3) is 4.04. The van der Waals surface area contributed by atoms with E-state index >= 15 is 0 Å². The predicted molar refractivity (Wildman–Crippen MR) is 71.9 cm³/mol. The molecule has 0 saturated heterocycles. The first-order chi connectivity index (χ1) is 7.91. The summed E-state index contributed by atoms with van der Waals surface area (Å²) < 4.78 is 1.70. The van der Waals surface area contributed by atoms with Crippen LogP contribution in [0, 0.1) is 5.92 Å². The van der Waals surface area contributed by atoms with Gasteiger partial charge in [0.1, 0.15) is 0 Å². The average Bonchev–Trinajstić information content (AvgIpc) is 2.19. The van der Waals surface area contributed by atoms with Gasteiger partial charge in [-0.3, -0.25) is 4.79 Å². The van der Waals surface area contributed by atoms with Crippen molar-refractivity contribution < 1.29 is 0 Å². The fourth-order valence-corrected chi connectivity index (χ4v) is 1.91. The van der Waals surface area contributed by atoms with Crippen molar-refractivity contribution in [2.45, 2.75) is 32.7 Å². The Hall–Kier alpha value is -1.03. The molecule has 0 aliphatic carbocycles. The van der Waals surface area contributed by atoms with E-state index in [0.29, 0.717) is 24.8 Å². The van der Waals surface area contributed by atoms with Crippen molar-refractivity contribution in [1.82, 2.24) is 9.55 Å². The average molecular weight is 258 g/mol. The molecule has 1 aromatic rings. The van der Waals surface area contributed by atoms with Crippen LogP contribution in [0.25, 0.3) is 0 Å². The van der Waals surface area contributed by atoms with Crippen LogP contribution >= 0.6 is 11.6 Å². The quantitative estimate of drug-likeness (QED) is 0.757. The number of rotatable bonds is 5. The molecule has 0 aliphatic rings. The minimum absolute atomic E-state index is 0.0139. The van der Waals surface area contributed by atoms with E-state index in [4.69, 9.17) is 11.6 Å². The van der Waals surface area contributed by atoms with E-state index in [-0.39, 0.29) is 10.9 Å². The van der Waals surface area contributed by atoms with Crippen molar-refractivity contribution in [3.63, 3.8) is 0 Å². The summed E-state index contributed by atoms with van der Waals surface area (Å²) in [6, 6.07) is 0. The molecule has 0 saturated carbocycles. The maximum atomic E-state index is 12.1. The van der Waals surface area contributed by atoms with Crippen molar-refractivity contribution >= 4 is 17.4 Å². The summed E-state index contributed by atoms with van der Waals surface area (Å²) in [5.74, 6) is 0.890. The lowest BCUT2D eigenvalue weighted by molar-refractivity contribution is 0.508. The second-order valence-electron chi connectivity index (χ2n) is 4.76. The smallest absolute Gasteiger partial charge is 0.293 e. The largest absolute Gasteiger partial charge is 0.354 e. The molecular formula is C12H20ClN3O. The van der Waals surface area contributed by atoms with Crippen molar-refractivity contribution in [1.29, 1.82) is 0 Å². The maximum Gasteiger partial charge on any atom is 0.293 e. The molecule has 17 heavy (non-hydrogen) atoms. The summed E-state index contributed by atoms with van der Waals surface area (Å²) in [6.07, 6.45) is 3.39. The monoisotopic (exact) mass is 257 g/mol. The normalized spacial score (nSPS) is 12.8. The fourth-order valence-electron chi connectivity index (χ4n) is 1.70. The Labute approximate surface area is 107 Å². The van der Waals surface area contributed by atoms with E-state index in [9.17, 15) is 4.79 Å². The Morgan fingerprint density at radius 1 is 1.47 bits per heavy atom. The lowest BCUT2D eigenvalue weighted by atomic mass is 10.2. The molecule has 1 atom stereocenters. The lowest BCUT2D eigenvalue weighted by Gasteiger charge is -2.19. The Balaban J connectivity index is 2.97. The molecule has 1 unspecified atom stereocenters. The number of alkyl halides is 1. The SMILES string of the molecule is CC(C)Cn1ccnc(N(C)CC(C)Cl)c1=O. The molecule has 1 aromatic heterocycles. The zero-order valence-corrected chi connectivity index (χ0v) is 11.6. The van der Waals surface area contributed by atoms with Gasteiger partial charge >= 0.3 is 0 Å². The second kappa shape index (κ2) is 6.05. The maximum absolute atomic E-state index is 12.1. The molecule has 0 fully saturated rings. The lowest BCUT2D eigenvalue weighted by Crippen LogP contribution is -2.34. The van der Waals surface area contributed by atoms with Crippen LogP contribution in [0.1, 0.15) is 20.8 Å². The molecule has 0 spiro atoms. The Morgan fingerprint density at radius 3 is 2.65 bits per heavy atom. The van der Waals surface area contributed by atoms with Gasteiger partial charge in [-0.2, -0.15) is 0 Å². The van der Waals surface area contributed by atoms with Crippen LogP contribution in [0.15, 0.2) is 17.2 Å². The second-order valence-corrected chi connectivity index (χ2v) is 5.51. The molecular weight excluding hydrogens is 238 g/mol. The van der Waals surface area contributed by atoms with Gasteiger partial charge in [0.2, 0.25) is 0 Å². The third-order valence-electron chi connectivity index (χ3n) is 2.34. The molecule has 1 heterocycles. The molecule has 0 aromatic carbocycles. The molecule has 96 valence electrons. The topological polar surface area (TPSA) is 38.1 Å². The summed E-state index contributed by atoms with van der Waals surface area (Å²) in [5.41, 5.74) is -0.0546. The molecule has 0 amide bonds. The highest BCUT2D eigenvalue weighted by Crippen LogP contribution is 2.05. The zero-order chi connectivity index (χ0) is 13.0. The molecule has 4 nitrogen and oxygen atoms in total. The Bertz CT molecular complexity index is 414. The third-order valence-corrected chi connectivity index (χ3v) is 2.48.